The zero-order valence-electron chi connectivity index (χ0n) is 11.0. The highest BCUT2D eigenvalue weighted by Crippen LogP contribution is 2.49. The number of fused-ring (bicyclic) bond motifs is 2. The summed E-state index contributed by atoms with van der Waals surface area (Å²) in [6.07, 6.45) is 5.64. The zero-order valence-corrected chi connectivity index (χ0v) is 13.4. The van der Waals surface area contributed by atoms with Gasteiger partial charge in [-0.25, -0.2) is 0 Å². The smallest absolute Gasteiger partial charge is 0.273 e. The minimum Gasteiger partial charge on any atom is -0.273 e. The fourth-order valence-electron chi connectivity index (χ4n) is 3.54. The molecule has 1 aromatic rings. The number of rotatable bonds is 3. The highest BCUT2D eigenvalue weighted by Gasteiger charge is 2.40. The standard InChI is InChI=1S/C14H17BrN2O2S/c15-12-4-3-11(20-12)14(19)17-16-13(18)7-10-6-8-1-2-9(10)5-8/h3-4,8-10H,1-2,5-7H2,(H,16,18)(H,17,19)/t8-,9+,10-/m0/s1. The highest BCUT2D eigenvalue weighted by atomic mass is 79.9. The topological polar surface area (TPSA) is 58.2 Å². The van der Waals surface area contributed by atoms with Gasteiger partial charge in [0.1, 0.15) is 0 Å². The summed E-state index contributed by atoms with van der Waals surface area (Å²) in [4.78, 5) is 24.3. The molecule has 2 amide bonds. The van der Waals surface area contributed by atoms with Crippen LogP contribution in [-0.4, -0.2) is 11.8 Å². The summed E-state index contributed by atoms with van der Waals surface area (Å²) < 4.78 is 0.899. The molecule has 0 radical (unpaired) electrons. The van der Waals surface area contributed by atoms with E-state index >= 15 is 0 Å². The summed E-state index contributed by atoms with van der Waals surface area (Å²) in [6, 6.07) is 3.54. The lowest BCUT2D eigenvalue weighted by Crippen LogP contribution is -2.42. The van der Waals surface area contributed by atoms with Gasteiger partial charge in [0.05, 0.1) is 8.66 Å². The molecule has 2 aliphatic carbocycles. The molecule has 3 rings (SSSR count). The van der Waals surface area contributed by atoms with Crippen molar-refractivity contribution in [3.8, 4) is 0 Å². The predicted octanol–water partition coefficient (Wildman–Crippen LogP) is 3.10. The van der Waals surface area contributed by atoms with Gasteiger partial charge in [0.2, 0.25) is 5.91 Å². The molecule has 2 aliphatic rings. The molecule has 2 bridgehead atoms. The number of hydrogen-bond donors (Lipinski definition) is 2. The maximum Gasteiger partial charge on any atom is 0.279 e. The fraction of sp³-hybridized carbons (Fsp3) is 0.571. The molecule has 0 aromatic carbocycles. The molecule has 2 N–H and O–H groups in total. The van der Waals surface area contributed by atoms with Gasteiger partial charge in [-0.3, -0.25) is 20.4 Å². The zero-order chi connectivity index (χ0) is 14.1. The van der Waals surface area contributed by atoms with Crippen LogP contribution in [0.4, 0.5) is 0 Å². The van der Waals surface area contributed by atoms with Crippen molar-refractivity contribution in [1.29, 1.82) is 0 Å². The Kier molecular flexibility index (Phi) is 4.12. The molecule has 0 aliphatic heterocycles. The summed E-state index contributed by atoms with van der Waals surface area (Å²) in [6.45, 7) is 0. The van der Waals surface area contributed by atoms with Crippen LogP contribution in [0.15, 0.2) is 15.9 Å². The predicted molar refractivity (Wildman–Crippen MR) is 81.2 cm³/mol. The Bertz CT molecular complexity index is 531. The molecule has 6 heteroatoms. The number of hydrogen-bond acceptors (Lipinski definition) is 3. The van der Waals surface area contributed by atoms with Crippen LogP contribution in [0, 0.1) is 17.8 Å². The Balaban J connectivity index is 1.44. The van der Waals surface area contributed by atoms with E-state index in [0.717, 1.165) is 15.6 Å². The van der Waals surface area contributed by atoms with E-state index in [1.165, 1.54) is 37.0 Å². The highest BCUT2D eigenvalue weighted by molar-refractivity contribution is 9.11. The summed E-state index contributed by atoms with van der Waals surface area (Å²) >= 11 is 4.65. The lowest BCUT2D eigenvalue weighted by atomic mass is 9.86. The van der Waals surface area contributed by atoms with Gasteiger partial charge >= 0.3 is 0 Å². The lowest BCUT2D eigenvalue weighted by Gasteiger charge is -2.20. The van der Waals surface area contributed by atoms with E-state index < -0.39 is 0 Å². The minimum absolute atomic E-state index is 0.0773. The molecule has 108 valence electrons. The van der Waals surface area contributed by atoms with Crippen LogP contribution in [0.25, 0.3) is 0 Å². The number of carbonyl (C=O) groups excluding carboxylic acids is 2. The fourth-order valence-corrected chi connectivity index (χ4v) is 4.82. The van der Waals surface area contributed by atoms with Crippen LogP contribution in [0.3, 0.4) is 0 Å². The number of halogens is 1. The second kappa shape index (κ2) is 5.85. The lowest BCUT2D eigenvalue weighted by molar-refractivity contribution is -0.123. The normalized spacial score (nSPS) is 27.6. The molecule has 0 saturated heterocycles. The van der Waals surface area contributed by atoms with E-state index in [1.807, 2.05) is 6.07 Å². The average Bonchev–Trinajstić information content (AvgIpc) is 3.12. The third kappa shape index (κ3) is 3.06. The number of carbonyl (C=O) groups is 2. The van der Waals surface area contributed by atoms with E-state index in [9.17, 15) is 9.59 Å². The first-order valence-electron chi connectivity index (χ1n) is 6.96. The van der Waals surface area contributed by atoms with Gasteiger partial charge in [-0.2, -0.15) is 0 Å². The Hall–Kier alpha value is -0.880. The minimum atomic E-state index is -0.262. The molecule has 3 atom stereocenters. The van der Waals surface area contributed by atoms with Crippen molar-refractivity contribution in [2.75, 3.05) is 0 Å². The van der Waals surface area contributed by atoms with Crippen LogP contribution >= 0.6 is 27.3 Å². The maximum atomic E-state index is 11.9. The van der Waals surface area contributed by atoms with Gasteiger partial charge in [-0.1, -0.05) is 6.42 Å². The van der Waals surface area contributed by atoms with Crippen molar-refractivity contribution in [2.45, 2.75) is 32.1 Å². The molecule has 1 aromatic heterocycles. The Morgan fingerprint density at radius 1 is 1.25 bits per heavy atom. The van der Waals surface area contributed by atoms with E-state index in [2.05, 4.69) is 26.8 Å². The summed E-state index contributed by atoms with van der Waals surface area (Å²) in [5.74, 6) is 1.75. The number of hydrazine groups is 1. The Morgan fingerprint density at radius 3 is 2.70 bits per heavy atom. The van der Waals surface area contributed by atoms with E-state index in [1.54, 1.807) is 6.07 Å². The van der Waals surface area contributed by atoms with Gasteiger partial charge < -0.3 is 0 Å². The first kappa shape index (κ1) is 14.1. The average molecular weight is 357 g/mol. The van der Waals surface area contributed by atoms with Gasteiger partial charge in [0, 0.05) is 6.42 Å². The molecular weight excluding hydrogens is 340 g/mol. The van der Waals surface area contributed by atoms with Crippen molar-refractivity contribution >= 4 is 39.1 Å². The molecule has 2 saturated carbocycles. The summed E-state index contributed by atoms with van der Waals surface area (Å²) in [7, 11) is 0. The Morgan fingerprint density at radius 2 is 2.10 bits per heavy atom. The summed E-state index contributed by atoms with van der Waals surface area (Å²) in [5, 5.41) is 0. The van der Waals surface area contributed by atoms with Crippen molar-refractivity contribution in [2.24, 2.45) is 17.8 Å². The van der Waals surface area contributed by atoms with Crippen molar-refractivity contribution < 1.29 is 9.59 Å². The van der Waals surface area contributed by atoms with Gasteiger partial charge in [0.25, 0.3) is 5.91 Å². The molecule has 4 nitrogen and oxygen atoms in total. The van der Waals surface area contributed by atoms with Crippen molar-refractivity contribution in [3.05, 3.63) is 20.8 Å². The SMILES string of the molecule is O=C(C[C@@H]1C[C@H]2CC[C@@H]1C2)NNC(=O)c1ccc(Br)s1. The maximum absolute atomic E-state index is 11.9. The summed E-state index contributed by atoms with van der Waals surface area (Å²) in [5.41, 5.74) is 5.01. The van der Waals surface area contributed by atoms with Crippen LogP contribution in [0.5, 0.6) is 0 Å². The van der Waals surface area contributed by atoms with Gasteiger partial charge in [-0.15, -0.1) is 11.3 Å². The number of thiophene rings is 1. The number of amides is 2. The third-order valence-corrected chi connectivity index (χ3v) is 6.07. The Labute approximate surface area is 130 Å². The first-order valence-corrected chi connectivity index (χ1v) is 8.57. The monoisotopic (exact) mass is 356 g/mol. The van der Waals surface area contributed by atoms with E-state index in [-0.39, 0.29) is 11.8 Å². The van der Waals surface area contributed by atoms with Crippen LogP contribution in [-0.2, 0) is 4.79 Å². The van der Waals surface area contributed by atoms with Crippen LogP contribution < -0.4 is 10.9 Å². The molecule has 2 fully saturated rings. The molecular formula is C14H17BrN2O2S. The van der Waals surface area contributed by atoms with Gasteiger partial charge in [0.15, 0.2) is 0 Å². The molecule has 0 unspecified atom stereocenters. The van der Waals surface area contributed by atoms with Crippen LogP contribution in [0.1, 0.15) is 41.8 Å². The molecule has 0 spiro atoms. The van der Waals surface area contributed by atoms with E-state index in [0.29, 0.717) is 17.2 Å². The second-order valence-corrected chi connectivity index (χ2v) is 8.21. The molecule has 1 heterocycles. The third-order valence-electron chi connectivity index (χ3n) is 4.44. The quantitative estimate of drug-likeness (QED) is 0.817. The molecule has 20 heavy (non-hydrogen) atoms. The van der Waals surface area contributed by atoms with Crippen molar-refractivity contribution in [3.63, 3.8) is 0 Å². The van der Waals surface area contributed by atoms with Gasteiger partial charge in [-0.05, 0) is 65.1 Å². The first-order chi connectivity index (χ1) is 9.61. The van der Waals surface area contributed by atoms with Crippen LogP contribution in [0.2, 0.25) is 0 Å². The number of nitrogens with one attached hydrogen (secondary N) is 2. The van der Waals surface area contributed by atoms with E-state index in [4.69, 9.17) is 0 Å². The van der Waals surface area contributed by atoms with Crippen molar-refractivity contribution in [1.82, 2.24) is 10.9 Å². The second-order valence-electron chi connectivity index (χ2n) is 5.75. The largest absolute Gasteiger partial charge is 0.279 e.